The van der Waals surface area contributed by atoms with E-state index in [-0.39, 0.29) is 12.8 Å². The van der Waals surface area contributed by atoms with Crippen LogP contribution in [0.3, 0.4) is 0 Å². The quantitative estimate of drug-likeness (QED) is 0.576. The summed E-state index contributed by atoms with van der Waals surface area (Å²) in [6, 6.07) is 18.2. The van der Waals surface area contributed by atoms with Crippen molar-refractivity contribution in [3.05, 3.63) is 70.8 Å². The van der Waals surface area contributed by atoms with E-state index >= 15 is 0 Å². The maximum absolute atomic E-state index is 2.31. The molecule has 2 rings (SSSR count). The molecular formula is C22H32. The molecule has 0 nitrogen and oxygen atoms in total. The van der Waals surface area contributed by atoms with Crippen LogP contribution in [0.1, 0.15) is 83.1 Å². The average molecular weight is 296 g/mol. The first-order valence-electron chi connectivity index (χ1n) is 8.03. The first-order chi connectivity index (χ1) is 9.82. The molecule has 0 bridgehead atoms. The van der Waals surface area contributed by atoms with Gasteiger partial charge in [0, 0.05) is 5.41 Å². The monoisotopic (exact) mass is 296 g/mol. The summed E-state index contributed by atoms with van der Waals surface area (Å²) in [4.78, 5) is 0. The molecule has 0 spiro atoms. The Morgan fingerprint density at radius 1 is 0.591 bits per heavy atom. The molecule has 0 unspecified atom stereocenters. The second kappa shape index (κ2) is 7.13. The second-order valence-corrected chi connectivity index (χ2v) is 7.18. The Hall–Kier alpha value is -1.56. The Labute approximate surface area is 137 Å². The maximum Gasteiger partial charge on any atom is 0.0146 e. The van der Waals surface area contributed by atoms with Crippen molar-refractivity contribution in [1.82, 2.24) is 0 Å². The maximum atomic E-state index is 2.31. The van der Waals surface area contributed by atoms with Crippen molar-refractivity contribution in [3.63, 3.8) is 0 Å². The van der Waals surface area contributed by atoms with Gasteiger partial charge in [0.2, 0.25) is 0 Å². The number of benzene rings is 2. The van der Waals surface area contributed by atoms with Crippen LogP contribution in [0.5, 0.6) is 0 Å². The van der Waals surface area contributed by atoms with Crippen LogP contribution in [-0.4, -0.2) is 0 Å². The molecule has 2 aromatic carbocycles. The van der Waals surface area contributed by atoms with Crippen molar-refractivity contribution in [2.75, 3.05) is 0 Å². The van der Waals surface area contributed by atoms with Crippen LogP contribution in [-0.2, 0) is 5.41 Å². The van der Waals surface area contributed by atoms with Crippen molar-refractivity contribution in [1.29, 1.82) is 0 Å². The van der Waals surface area contributed by atoms with Crippen molar-refractivity contribution >= 4 is 0 Å². The topological polar surface area (TPSA) is 0 Å². The molecule has 0 heteroatoms. The predicted octanol–water partition coefficient (Wildman–Crippen LogP) is 6.90. The fraction of sp³-hybridized carbons (Fsp3) is 0.455. The van der Waals surface area contributed by atoms with Crippen LogP contribution in [0.25, 0.3) is 0 Å². The van der Waals surface area contributed by atoms with Crippen LogP contribution in [0.15, 0.2) is 48.5 Å². The van der Waals surface area contributed by atoms with Gasteiger partial charge in [-0.1, -0.05) is 97.5 Å². The van der Waals surface area contributed by atoms with E-state index in [1.54, 1.807) is 0 Å². The van der Waals surface area contributed by atoms with Crippen molar-refractivity contribution in [2.24, 2.45) is 0 Å². The highest BCUT2D eigenvalue weighted by Crippen LogP contribution is 2.33. The lowest BCUT2D eigenvalue weighted by molar-refractivity contribution is 0.639. The minimum Gasteiger partial charge on any atom is -0.0776 e. The number of hydrogen-bond donors (Lipinski definition) is 0. The summed E-state index contributed by atoms with van der Waals surface area (Å²) < 4.78 is 0. The van der Waals surface area contributed by atoms with Gasteiger partial charge in [0.15, 0.2) is 0 Å². The largest absolute Gasteiger partial charge is 0.0776 e. The third kappa shape index (κ3) is 3.80. The van der Waals surface area contributed by atoms with Crippen molar-refractivity contribution in [2.45, 2.75) is 66.2 Å². The normalized spacial score (nSPS) is 11.6. The number of hydrogen-bond acceptors (Lipinski definition) is 0. The van der Waals surface area contributed by atoms with E-state index in [0.717, 1.165) is 0 Å². The highest BCUT2D eigenvalue weighted by atomic mass is 14.3. The third-order valence-electron chi connectivity index (χ3n) is 4.60. The Bertz CT molecular complexity index is 515. The van der Waals surface area contributed by atoms with Gasteiger partial charge < -0.3 is 0 Å². The molecule has 0 amide bonds. The summed E-state index contributed by atoms with van der Waals surface area (Å²) in [6.45, 7) is 13.6. The minimum atomic E-state index is 0. The van der Waals surface area contributed by atoms with Crippen LogP contribution in [0.2, 0.25) is 0 Å². The standard InChI is InChI=1S/C21H28.CH4/c1-15(2)17-7-11-19(12-8-17)21(5,6)20-13-9-18(10-14-20)16(3)4;/h7-16H,1-6H3;1H4. The molecule has 0 aromatic heterocycles. The molecule has 120 valence electrons. The molecule has 0 aliphatic heterocycles. The van der Waals surface area contributed by atoms with Crippen molar-refractivity contribution < 1.29 is 0 Å². The van der Waals surface area contributed by atoms with Crippen LogP contribution in [0, 0.1) is 0 Å². The zero-order valence-electron chi connectivity index (χ0n) is 14.3. The van der Waals surface area contributed by atoms with Gasteiger partial charge in [-0.15, -0.1) is 0 Å². The van der Waals surface area contributed by atoms with Crippen molar-refractivity contribution in [3.8, 4) is 0 Å². The minimum absolute atomic E-state index is 0. The van der Waals surface area contributed by atoms with Gasteiger partial charge in [-0.3, -0.25) is 0 Å². The molecule has 0 fully saturated rings. The smallest absolute Gasteiger partial charge is 0.0146 e. The summed E-state index contributed by atoms with van der Waals surface area (Å²) >= 11 is 0. The molecule has 0 aliphatic rings. The average Bonchev–Trinajstić information content (AvgIpc) is 2.47. The molecule has 0 radical (unpaired) electrons. The van der Waals surface area contributed by atoms with E-state index in [4.69, 9.17) is 0 Å². The molecular weight excluding hydrogens is 264 g/mol. The molecule has 0 aliphatic carbocycles. The zero-order chi connectivity index (χ0) is 15.6. The van der Waals surface area contributed by atoms with Gasteiger partial charge in [-0.05, 0) is 34.1 Å². The lowest BCUT2D eigenvalue weighted by Gasteiger charge is -2.27. The van der Waals surface area contributed by atoms with E-state index in [2.05, 4.69) is 90.1 Å². The summed E-state index contributed by atoms with van der Waals surface area (Å²) in [5.74, 6) is 1.18. The Balaban J connectivity index is 0.00000242. The van der Waals surface area contributed by atoms with E-state index in [1.807, 2.05) is 0 Å². The zero-order valence-corrected chi connectivity index (χ0v) is 14.3. The summed E-state index contributed by atoms with van der Waals surface area (Å²) in [7, 11) is 0. The molecule has 22 heavy (non-hydrogen) atoms. The molecule has 0 saturated carbocycles. The van der Waals surface area contributed by atoms with Gasteiger partial charge >= 0.3 is 0 Å². The van der Waals surface area contributed by atoms with Crippen LogP contribution >= 0.6 is 0 Å². The molecule has 0 saturated heterocycles. The van der Waals surface area contributed by atoms with Gasteiger partial charge in [0.25, 0.3) is 0 Å². The van der Waals surface area contributed by atoms with E-state index in [9.17, 15) is 0 Å². The Kier molecular flexibility index (Phi) is 6.00. The SMILES string of the molecule is C.CC(C)c1ccc(C(C)(C)c2ccc(C(C)C)cc2)cc1. The highest BCUT2D eigenvalue weighted by molar-refractivity contribution is 5.40. The fourth-order valence-corrected chi connectivity index (χ4v) is 2.74. The second-order valence-electron chi connectivity index (χ2n) is 7.18. The summed E-state index contributed by atoms with van der Waals surface area (Å²) in [5, 5.41) is 0. The molecule has 0 atom stereocenters. The lowest BCUT2D eigenvalue weighted by Crippen LogP contribution is -2.19. The first-order valence-corrected chi connectivity index (χ1v) is 8.03. The van der Waals surface area contributed by atoms with Gasteiger partial charge in [0.1, 0.15) is 0 Å². The van der Waals surface area contributed by atoms with E-state index < -0.39 is 0 Å². The van der Waals surface area contributed by atoms with Crippen LogP contribution < -0.4 is 0 Å². The molecule has 2 aromatic rings. The van der Waals surface area contributed by atoms with Gasteiger partial charge in [-0.25, -0.2) is 0 Å². The molecule has 0 N–H and O–H groups in total. The lowest BCUT2D eigenvalue weighted by atomic mass is 9.77. The number of rotatable bonds is 4. The van der Waals surface area contributed by atoms with Gasteiger partial charge in [0.05, 0.1) is 0 Å². The Morgan fingerprint density at radius 2 is 0.864 bits per heavy atom. The van der Waals surface area contributed by atoms with E-state index in [1.165, 1.54) is 22.3 Å². The summed E-state index contributed by atoms with van der Waals surface area (Å²) in [5.41, 5.74) is 5.62. The first kappa shape index (κ1) is 18.5. The highest BCUT2D eigenvalue weighted by Gasteiger charge is 2.23. The third-order valence-corrected chi connectivity index (χ3v) is 4.60. The predicted molar refractivity (Wildman–Crippen MR) is 99.9 cm³/mol. The fourth-order valence-electron chi connectivity index (χ4n) is 2.74. The van der Waals surface area contributed by atoms with Crippen LogP contribution in [0.4, 0.5) is 0 Å². The van der Waals surface area contributed by atoms with Gasteiger partial charge in [-0.2, -0.15) is 0 Å². The van der Waals surface area contributed by atoms with E-state index in [0.29, 0.717) is 11.8 Å². The molecule has 0 heterocycles. The summed E-state index contributed by atoms with van der Waals surface area (Å²) in [6.07, 6.45) is 0. The Morgan fingerprint density at radius 3 is 1.09 bits per heavy atom.